The van der Waals surface area contributed by atoms with Gasteiger partial charge in [-0.3, -0.25) is 0 Å². The fourth-order valence-corrected chi connectivity index (χ4v) is 7.53. The largest absolute Gasteiger partial charge is 0.438 e. The second-order valence-electron chi connectivity index (χ2n) is 13.8. The molecule has 0 atom stereocenters. The van der Waals surface area contributed by atoms with Gasteiger partial charge in [0.2, 0.25) is 11.4 Å². The summed E-state index contributed by atoms with van der Waals surface area (Å²) in [6, 6.07) is 13.1. The number of rotatable bonds is 3. The number of fused-ring (bicyclic) bond motifs is 7. The number of pyridine rings is 2. The maximum absolute atomic E-state index is 9.14. The Morgan fingerprint density at radius 2 is 1.75 bits per heavy atom. The molecule has 5 aromatic rings. The van der Waals surface area contributed by atoms with Gasteiger partial charge in [-0.2, -0.15) is 0 Å². The van der Waals surface area contributed by atoms with Crippen LogP contribution in [0.5, 0.6) is 0 Å². The summed E-state index contributed by atoms with van der Waals surface area (Å²) >= 11 is 0. The molecule has 1 saturated carbocycles. The Morgan fingerprint density at radius 3 is 2.55 bits per heavy atom. The molecule has 3 aromatic heterocycles. The third kappa shape index (κ3) is 4.07. The average Bonchev–Trinajstić information content (AvgIpc) is 3.32. The first-order valence-corrected chi connectivity index (χ1v) is 15.2. The van der Waals surface area contributed by atoms with Crippen molar-refractivity contribution < 1.29 is 11.7 Å². The number of aromatic nitrogens is 2. The first-order chi connectivity index (χ1) is 19.9. The number of aryl methyl sites for hydroxylation is 2. The van der Waals surface area contributed by atoms with Gasteiger partial charge in [0.05, 0.1) is 5.39 Å². The molecule has 2 aliphatic rings. The summed E-state index contributed by atoms with van der Waals surface area (Å²) in [5.74, 6) is 0.0735. The highest BCUT2D eigenvalue weighted by Gasteiger charge is 2.39. The number of benzene rings is 2. The van der Waals surface area contributed by atoms with Crippen LogP contribution in [0.3, 0.4) is 0 Å². The van der Waals surface area contributed by atoms with Crippen LogP contribution in [0.4, 0.5) is 0 Å². The molecule has 3 nitrogen and oxygen atoms in total. The summed E-state index contributed by atoms with van der Waals surface area (Å²) in [6.07, 6.45) is 10.4. The maximum atomic E-state index is 9.14. The van der Waals surface area contributed by atoms with Crippen molar-refractivity contribution >= 4 is 32.8 Å². The van der Waals surface area contributed by atoms with Crippen molar-refractivity contribution in [3.8, 4) is 11.3 Å². The second-order valence-corrected chi connectivity index (χ2v) is 13.8. The Kier molecular flexibility index (Phi) is 5.38. The molecule has 2 aliphatic carbocycles. The first kappa shape index (κ1) is 23.5. The van der Waals surface area contributed by atoms with Crippen LogP contribution in [-0.4, -0.2) is 4.98 Å². The summed E-state index contributed by atoms with van der Waals surface area (Å²) in [5, 5.41) is 4.61. The minimum absolute atomic E-state index is 0.0429. The summed E-state index contributed by atoms with van der Waals surface area (Å²) in [4.78, 5) is 4.81. The normalized spacial score (nSPS) is 20.1. The highest BCUT2D eigenvalue weighted by molar-refractivity contribution is 6.19. The molecule has 0 bridgehead atoms. The number of furan rings is 1. The Hall–Kier alpha value is -3.20. The van der Waals surface area contributed by atoms with Crippen molar-refractivity contribution in [2.45, 2.75) is 96.8 Å². The zero-order valence-corrected chi connectivity index (χ0v) is 24.9. The van der Waals surface area contributed by atoms with Gasteiger partial charge in [0.15, 0.2) is 6.20 Å². The Labute approximate surface area is 241 Å². The number of hydrogen-bond acceptors (Lipinski definition) is 2. The van der Waals surface area contributed by atoms with Crippen molar-refractivity contribution in [2.75, 3.05) is 0 Å². The molecule has 3 heterocycles. The molecule has 7 rings (SSSR count). The Balaban J connectivity index is 1.48. The van der Waals surface area contributed by atoms with E-state index in [9.17, 15) is 0 Å². The molecule has 206 valence electrons. The van der Waals surface area contributed by atoms with E-state index in [1.165, 1.54) is 29.4 Å². The molecular formula is C37H43N2O+. The van der Waals surface area contributed by atoms with Crippen molar-refractivity contribution in [3.63, 3.8) is 0 Å². The monoisotopic (exact) mass is 533 g/mol. The Bertz CT molecular complexity index is 1870. The maximum Gasteiger partial charge on any atom is 0.227 e. The van der Waals surface area contributed by atoms with Gasteiger partial charge in [0.25, 0.3) is 0 Å². The zero-order valence-electron chi connectivity index (χ0n) is 26.9. The van der Waals surface area contributed by atoms with E-state index in [0.717, 1.165) is 76.2 Å². The van der Waals surface area contributed by atoms with Crippen LogP contribution in [0.2, 0.25) is 0 Å². The van der Waals surface area contributed by atoms with Crippen LogP contribution in [0.15, 0.2) is 53.2 Å². The van der Waals surface area contributed by atoms with E-state index in [1.54, 1.807) is 0 Å². The van der Waals surface area contributed by atoms with E-state index in [4.69, 9.17) is 12.1 Å². The molecule has 0 unspecified atom stereocenters. The van der Waals surface area contributed by atoms with Crippen LogP contribution >= 0.6 is 0 Å². The van der Waals surface area contributed by atoms with Crippen molar-refractivity contribution in [2.24, 2.45) is 13.0 Å². The SMILES string of the molecule is [2H]C([2H])(c1cc[n+](C)c(-c2cc3c(cc2C)oc2ncc4ccc5c(c4c23)C(C)(C)CCC5(C)C)c1)C1CCCCC1. The predicted octanol–water partition coefficient (Wildman–Crippen LogP) is 9.41. The average molecular weight is 534 g/mol. The van der Waals surface area contributed by atoms with Gasteiger partial charge in [0.1, 0.15) is 12.6 Å². The van der Waals surface area contributed by atoms with Crippen LogP contribution in [0, 0.1) is 12.8 Å². The quantitative estimate of drug-likeness (QED) is 0.216. The van der Waals surface area contributed by atoms with E-state index >= 15 is 0 Å². The highest BCUT2D eigenvalue weighted by Crippen LogP contribution is 2.50. The van der Waals surface area contributed by atoms with E-state index in [1.807, 2.05) is 18.5 Å². The molecule has 0 saturated heterocycles. The molecule has 0 radical (unpaired) electrons. The highest BCUT2D eigenvalue weighted by atomic mass is 16.3. The van der Waals surface area contributed by atoms with Crippen molar-refractivity contribution in [1.29, 1.82) is 0 Å². The smallest absolute Gasteiger partial charge is 0.227 e. The van der Waals surface area contributed by atoms with Gasteiger partial charge in [-0.15, -0.1) is 0 Å². The molecule has 0 spiro atoms. The second kappa shape index (κ2) is 9.16. The molecule has 3 heteroatoms. The lowest BCUT2D eigenvalue weighted by atomic mass is 9.62. The molecular weight excluding hydrogens is 488 g/mol. The van der Waals surface area contributed by atoms with Crippen molar-refractivity contribution in [3.05, 3.63) is 71.0 Å². The standard InChI is InChI=1S/C37H43N2O/c1-23-18-31-28(21-27(23)30-20-25(14-17-39(30)6)19-24-10-8-7-9-11-24)33-32-26(22-38-35(33)40-31)12-13-29-34(32)37(4,5)16-15-36(29,2)3/h12-14,17-18,20-22,24H,7-11,15-16,19H2,1-6H3/q+1/i19D2. The van der Waals surface area contributed by atoms with E-state index in [2.05, 4.69) is 76.6 Å². The third-order valence-electron chi connectivity index (χ3n) is 10.0. The predicted molar refractivity (Wildman–Crippen MR) is 166 cm³/mol. The van der Waals surface area contributed by atoms with Gasteiger partial charge in [-0.05, 0) is 77.3 Å². The molecule has 0 N–H and O–H groups in total. The Morgan fingerprint density at radius 1 is 0.975 bits per heavy atom. The number of nitrogens with zero attached hydrogens (tertiary/aromatic N) is 2. The lowest BCUT2D eigenvalue weighted by Crippen LogP contribution is -2.34. The lowest BCUT2D eigenvalue weighted by molar-refractivity contribution is -0.660. The summed E-state index contributed by atoms with van der Waals surface area (Å²) in [7, 11) is 2.06. The zero-order chi connectivity index (χ0) is 29.6. The summed E-state index contributed by atoms with van der Waals surface area (Å²) in [6.45, 7) is 11.6. The van der Waals surface area contributed by atoms with E-state index < -0.39 is 6.37 Å². The molecule has 0 aliphatic heterocycles. The molecule has 0 amide bonds. The van der Waals surface area contributed by atoms with Gasteiger partial charge in [-0.25, -0.2) is 9.55 Å². The molecule has 40 heavy (non-hydrogen) atoms. The fourth-order valence-electron chi connectivity index (χ4n) is 7.53. The number of hydrogen-bond donors (Lipinski definition) is 0. The van der Waals surface area contributed by atoms with Gasteiger partial charge in [-0.1, -0.05) is 71.9 Å². The van der Waals surface area contributed by atoms with E-state index in [-0.39, 0.29) is 16.7 Å². The lowest BCUT2D eigenvalue weighted by Gasteiger charge is -2.42. The van der Waals surface area contributed by atoms with Crippen LogP contribution in [-0.2, 0) is 24.3 Å². The van der Waals surface area contributed by atoms with Crippen LogP contribution in [0.1, 0.15) is 97.6 Å². The van der Waals surface area contributed by atoms with Crippen LogP contribution in [0.25, 0.3) is 44.1 Å². The minimum atomic E-state index is -1.35. The first-order valence-electron chi connectivity index (χ1n) is 16.2. The minimum Gasteiger partial charge on any atom is -0.438 e. The van der Waals surface area contributed by atoms with Crippen molar-refractivity contribution in [1.82, 2.24) is 4.98 Å². The van der Waals surface area contributed by atoms with Gasteiger partial charge < -0.3 is 4.42 Å². The van der Waals surface area contributed by atoms with Gasteiger partial charge in [0, 0.05) is 42.8 Å². The van der Waals surface area contributed by atoms with Gasteiger partial charge >= 0.3 is 0 Å². The summed E-state index contributed by atoms with van der Waals surface area (Å²) < 4.78 is 26.9. The third-order valence-corrected chi connectivity index (χ3v) is 10.0. The summed E-state index contributed by atoms with van der Waals surface area (Å²) in [5.41, 5.74) is 8.59. The van der Waals surface area contributed by atoms with Crippen LogP contribution < -0.4 is 4.57 Å². The fraction of sp³-hybridized carbons (Fsp3) is 0.459. The molecule has 1 fully saturated rings. The topological polar surface area (TPSA) is 29.9 Å². The van der Waals surface area contributed by atoms with E-state index in [0.29, 0.717) is 5.71 Å². The molecule has 2 aromatic carbocycles.